The van der Waals surface area contributed by atoms with Crippen LogP contribution in [0.15, 0.2) is 54.7 Å². The number of aromatic nitrogens is 1. The topological polar surface area (TPSA) is 19.0 Å². The molecule has 1 N–H and O–H groups in total. The third kappa shape index (κ3) is 3.40. The van der Waals surface area contributed by atoms with Gasteiger partial charge in [-0.3, -0.25) is 0 Å². The molecule has 0 radical (unpaired) electrons. The number of hydrogen-bond acceptors (Lipinski definition) is 1. The van der Waals surface area contributed by atoms with Crippen molar-refractivity contribution in [3.05, 3.63) is 71.4 Å². The van der Waals surface area contributed by atoms with Gasteiger partial charge in [-0.1, -0.05) is 42.5 Å². The van der Waals surface area contributed by atoms with Gasteiger partial charge < -0.3 is 9.88 Å². The number of H-pyrrole nitrogens is 1. The fraction of sp³-hybridized carbons (Fsp3) is 0.300. The number of fused-ring (bicyclic) bond motifs is 1. The Morgan fingerprint density at radius 3 is 2.59 bits per heavy atom. The highest BCUT2D eigenvalue weighted by atomic mass is 15.1. The molecule has 0 aliphatic heterocycles. The first-order valence-electron chi connectivity index (χ1n) is 8.02. The van der Waals surface area contributed by atoms with Crippen LogP contribution in [-0.4, -0.2) is 23.5 Å². The molecule has 1 aromatic heterocycles. The van der Waals surface area contributed by atoms with E-state index in [4.69, 9.17) is 0 Å². The molecule has 0 fully saturated rings. The summed E-state index contributed by atoms with van der Waals surface area (Å²) in [5.41, 5.74) is 5.48. The zero-order valence-corrected chi connectivity index (χ0v) is 13.5. The Hall–Kier alpha value is -2.06. The summed E-state index contributed by atoms with van der Waals surface area (Å²) in [6, 6.07) is 17.2. The first-order valence-corrected chi connectivity index (χ1v) is 8.02. The van der Waals surface area contributed by atoms with Crippen LogP contribution in [0.5, 0.6) is 0 Å². The predicted molar refractivity (Wildman–Crippen MR) is 94.1 cm³/mol. The molecular formula is C20H24N2. The summed E-state index contributed by atoms with van der Waals surface area (Å²) in [7, 11) is 2.21. The minimum absolute atomic E-state index is 1.03. The van der Waals surface area contributed by atoms with E-state index in [1.54, 1.807) is 0 Å². The van der Waals surface area contributed by atoms with E-state index in [0.717, 1.165) is 19.5 Å². The number of para-hydroxylation sites is 1. The average molecular weight is 292 g/mol. The lowest BCUT2D eigenvalue weighted by molar-refractivity contribution is 0.321. The maximum Gasteiger partial charge on any atom is 0.0456 e. The van der Waals surface area contributed by atoms with Crippen molar-refractivity contribution in [1.82, 2.24) is 9.88 Å². The molecular weight excluding hydrogens is 268 g/mol. The summed E-state index contributed by atoms with van der Waals surface area (Å²) < 4.78 is 0. The molecule has 0 aliphatic carbocycles. The molecule has 2 heteroatoms. The van der Waals surface area contributed by atoms with Crippen molar-refractivity contribution in [2.24, 2.45) is 0 Å². The highest BCUT2D eigenvalue weighted by Crippen LogP contribution is 2.19. The van der Waals surface area contributed by atoms with Crippen molar-refractivity contribution in [1.29, 1.82) is 0 Å². The fourth-order valence-corrected chi connectivity index (χ4v) is 3.04. The predicted octanol–water partition coefficient (Wildman–Crippen LogP) is 4.54. The van der Waals surface area contributed by atoms with Gasteiger partial charge in [-0.05, 0) is 56.1 Å². The Bertz CT molecular complexity index is 742. The molecule has 0 unspecified atom stereocenters. The van der Waals surface area contributed by atoms with E-state index in [1.807, 2.05) is 0 Å². The maximum atomic E-state index is 3.36. The molecule has 114 valence electrons. The second-order valence-electron chi connectivity index (χ2n) is 6.13. The van der Waals surface area contributed by atoms with E-state index in [2.05, 4.69) is 78.6 Å². The third-order valence-electron chi connectivity index (χ3n) is 4.36. The van der Waals surface area contributed by atoms with Gasteiger partial charge >= 0.3 is 0 Å². The summed E-state index contributed by atoms with van der Waals surface area (Å²) >= 11 is 0. The monoisotopic (exact) mass is 292 g/mol. The van der Waals surface area contributed by atoms with Crippen molar-refractivity contribution in [3.63, 3.8) is 0 Å². The van der Waals surface area contributed by atoms with E-state index in [1.165, 1.54) is 34.0 Å². The zero-order chi connectivity index (χ0) is 15.4. The van der Waals surface area contributed by atoms with Crippen LogP contribution in [0.2, 0.25) is 0 Å². The molecule has 2 aromatic carbocycles. The lowest BCUT2D eigenvalue weighted by Crippen LogP contribution is -2.20. The summed E-state index contributed by atoms with van der Waals surface area (Å²) in [6.45, 7) is 4.34. The van der Waals surface area contributed by atoms with Gasteiger partial charge in [0.05, 0.1) is 0 Å². The fourth-order valence-electron chi connectivity index (χ4n) is 3.04. The average Bonchev–Trinajstić information content (AvgIpc) is 2.93. The first kappa shape index (κ1) is 14.9. The highest BCUT2D eigenvalue weighted by molar-refractivity contribution is 5.82. The number of nitrogens with one attached hydrogen (secondary N) is 1. The quantitative estimate of drug-likeness (QED) is 0.706. The van der Waals surface area contributed by atoms with Gasteiger partial charge in [0.1, 0.15) is 0 Å². The zero-order valence-electron chi connectivity index (χ0n) is 13.5. The Balaban J connectivity index is 1.53. The molecule has 3 aromatic rings. The first-order chi connectivity index (χ1) is 10.7. The number of aromatic amines is 1. The Kier molecular flexibility index (Phi) is 4.59. The summed E-state index contributed by atoms with van der Waals surface area (Å²) in [6.07, 6.45) is 4.47. The minimum atomic E-state index is 1.03. The summed E-state index contributed by atoms with van der Waals surface area (Å²) in [5.74, 6) is 0. The molecule has 0 amide bonds. The van der Waals surface area contributed by atoms with Crippen molar-refractivity contribution in [3.8, 4) is 0 Å². The van der Waals surface area contributed by atoms with Crippen molar-refractivity contribution in [2.75, 3.05) is 13.6 Å². The van der Waals surface area contributed by atoms with Crippen molar-refractivity contribution in [2.45, 2.75) is 26.3 Å². The standard InChI is InChI=1S/C20H24N2/c1-16-8-3-4-9-18(16)15-22(2)13-7-10-17-14-21-20-12-6-5-11-19(17)20/h3-6,8-9,11-12,14,21H,7,10,13,15H2,1-2H3. The molecule has 0 atom stereocenters. The number of nitrogens with zero attached hydrogens (tertiary/aromatic N) is 1. The maximum absolute atomic E-state index is 3.36. The molecule has 0 bridgehead atoms. The van der Waals surface area contributed by atoms with E-state index in [-0.39, 0.29) is 0 Å². The van der Waals surface area contributed by atoms with E-state index in [0.29, 0.717) is 0 Å². The Morgan fingerprint density at radius 1 is 0.955 bits per heavy atom. The molecule has 22 heavy (non-hydrogen) atoms. The minimum Gasteiger partial charge on any atom is -0.361 e. The molecule has 0 saturated carbocycles. The van der Waals surface area contributed by atoms with Gasteiger partial charge in [0.2, 0.25) is 0 Å². The third-order valence-corrected chi connectivity index (χ3v) is 4.36. The number of benzene rings is 2. The molecule has 3 rings (SSSR count). The summed E-state index contributed by atoms with van der Waals surface area (Å²) in [4.78, 5) is 5.77. The number of aryl methyl sites for hydroxylation is 2. The molecule has 2 nitrogen and oxygen atoms in total. The summed E-state index contributed by atoms with van der Waals surface area (Å²) in [5, 5.41) is 1.36. The van der Waals surface area contributed by atoms with Crippen LogP contribution in [0, 0.1) is 6.92 Å². The Labute approximate surface area is 132 Å². The largest absolute Gasteiger partial charge is 0.361 e. The van der Waals surface area contributed by atoms with Crippen LogP contribution in [-0.2, 0) is 13.0 Å². The van der Waals surface area contributed by atoms with Crippen LogP contribution in [0.3, 0.4) is 0 Å². The van der Waals surface area contributed by atoms with Crippen molar-refractivity contribution < 1.29 is 0 Å². The van der Waals surface area contributed by atoms with Crippen LogP contribution < -0.4 is 0 Å². The number of rotatable bonds is 6. The normalized spacial score (nSPS) is 11.4. The van der Waals surface area contributed by atoms with E-state index in [9.17, 15) is 0 Å². The highest BCUT2D eigenvalue weighted by Gasteiger charge is 2.05. The van der Waals surface area contributed by atoms with Crippen molar-refractivity contribution >= 4 is 10.9 Å². The smallest absolute Gasteiger partial charge is 0.0456 e. The van der Waals surface area contributed by atoms with E-state index < -0.39 is 0 Å². The van der Waals surface area contributed by atoms with Crippen LogP contribution in [0.25, 0.3) is 10.9 Å². The second-order valence-corrected chi connectivity index (χ2v) is 6.13. The van der Waals surface area contributed by atoms with Gasteiger partial charge in [0.25, 0.3) is 0 Å². The molecule has 0 spiro atoms. The van der Waals surface area contributed by atoms with Gasteiger partial charge in [-0.2, -0.15) is 0 Å². The van der Waals surface area contributed by atoms with Gasteiger partial charge in [0, 0.05) is 23.6 Å². The van der Waals surface area contributed by atoms with Gasteiger partial charge in [0.15, 0.2) is 0 Å². The second kappa shape index (κ2) is 6.80. The molecule has 0 saturated heterocycles. The van der Waals surface area contributed by atoms with Gasteiger partial charge in [-0.15, -0.1) is 0 Å². The SMILES string of the molecule is Cc1ccccc1CN(C)CCCc1c[nH]c2ccccc12. The van der Waals surface area contributed by atoms with E-state index >= 15 is 0 Å². The Morgan fingerprint density at radius 2 is 1.73 bits per heavy atom. The molecule has 1 heterocycles. The lowest BCUT2D eigenvalue weighted by atomic mass is 10.1. The van der Waals surface area contributed by atoms with Crippen LogP contribution >= 0.6 is 0 Å². The van der Waals surface area contributed by atoms with Crippen LogP contribution in [0.1, 0.15) is 23.1 Å². The lowest BCUT2D eigenvalue weighted by Gasteiger charge is -2.17. The van der Waals surface area contributed by atoms with Crippen LogP contribution in [0.4, 0.5) is 0 Å². The number of hydrogen-bond donors (Lipinski definition) is 1. The van der Waals surface area contributed by atoms with Gasteiger partial charge in [-0.25, -0.2) is 0 Å². The molecule has 0 aliphatic rings.